The van der Waals surface area contributed by atoms with E-state index in [0.717, 1.165) is 17.3 Å². The van der Waals surface area contributed by atoms with Gasteiger partial charge in [-0.15, -0.1) is 10.2 Å². The van der Waals surface area contributed by atoms with Crippen LogP contribution >= 0.6 is 27.5 Å². The van der Waals surface area contributed by atoms with Crippen molar-refractivity contribution in [2.24, 2.45) is 0 Å². The third-order valence-corrected chi connectivity index (χ3v) is 5.36. The Labute approximate surface area is 175 Å². The van der Waals surface area contributed by atoms with E-state index < -0.39 is 0 Å². The van der Waals surface area contributed by atoms with Gasteiger partial charge in [0.25, 0.3) is 5.91 Å². The number of carbonyl (C=O) groups excluding carboxylic acids is 1. The number of hydrogen-bond acceptors (Lipinski definition) is 5. The van der Waals surface area contributed by atoms with Crippen LogP contribution in [0, 0.1) is 0 Å². The number of ether oxygens (including phenoxy) is 1. The molecule has 0 saturated heterocycles. The molecule has 0 aliphatic heterocycles. The first-order valence-electron chi connectivity index (χ1n) is 8.86. The van der Waals surface area contributed by atoms with Gasteiger partial charge in [0.2, 0.25) is 11.8 Å². The predicted octanol–water partition coefficient (Wildman–Crippen LogP) is 4.72. The van der Waals surface area contributed by atoms with Crippen LogP contribution < -0.4 is 4.74 Å². The fraction of sp³-hybridized carbons (Fsp3) is 0.250. The summed E-state index contributed by atoms with van der Waals surface area (Å²) in [6, 6.07) is 14.9. The average molecular weight is 463 g/mol. The summed E-state index contributed by atoms with van der Waals surface area (Å²) < 4.78 is 12.2. The first-order valence-corrected chi connectivity index (χ1v) is 10.0. The lowest BCUT2D eigenvalue weighted by atomic mass is 10.2. The topological polar surface area (TPSA) is 68.5 Å². The van der Waals surface area contributed by atoms with Crippen molar-refractivity contribution in [1.82, 2.24) is 15.1 Å². The highest BCUT2D eigenvalue weighted by Gasteiger charge is 2.34. The minimum atomic E-state index is -0.115. The van der Waals surface area contributed by atoms with E-state index in [2.05, 4.69) is 26.1 Å². The van der Waals surface area contributed by atoms with E-state index in [1.807, 2.05) is 42.5 Å². The lowest BCUT2D eigenvalue weighted by molar-refractivity contribution is -0.134. The Morgan fingerprint density at radius 2 is 1.93 bits per heavy atom. The summed E-state index contributed by atoms with van der Waals surface area (Å²) in [7, 11) is 0. The van der Waals surface area contributed by atoms with Crippen molar-refractivity contribution in [3.63, 3.8) is 0 Å². The summed E-state index contributed by atoms with van der Waals surface area (Å²) in [5.74, 6) is 1.23. The third kappa shape index (κ3) is 4.36. The van der Waals surface area contributed by atoms with Crippen LogP contribution in [0.1, 0.15) is 18.7 Å². The Kier molecular flexibility index (Phi) is 5.64. The van der Waals surface area contributed by atoms with Gasteiger partial charge in [0.05, 0.1) is 21.6 Å². The molecule has 0 spiro atoms. The van der Waals surface area contributed by atoms with Gasteiger partial charge >= 0.3 is 0 Å². The van der Waals surface area contributed by atoms with E-state index in [0.29, 0.717) is 28.1 Å². The zero-order valence-electron chi connectivity index (χ0n) is 14.8. The number of aromatic nitrogens is 2. The number of nitrogens with zero attached hydrogens (tertiary/aromatic N) is 3. The van der Waals surface area contributed by atoms with Gasteiger partial charge < -0.3 is 14.1 Å². The molecule has 0 unspecified atom stereocenters. The predicted molar refractivity (Wildman–Crippen MR) is 108 cm³/mol. The molecule has 144 valence electrons. The maximum absolute atomic E-state index is 12.7. The van der Waals surface area contributed by atoms with Gasteiger partial charge in [0, 0.05) is 6.04 Å². The number of rotatable bonds is 7. The van der Waals surface area contributed by atoms with Crippen molar-refractivity contribution in [2.45, 2.75) is 25.4 Å². The Hall–Kier alpha value is -2.38. The number of amides is 1. The molecule has 8 heteroatoms. The van der Waals surface area contributed by atoms with Crippen LogP contribution in [0.4, 0.5) is 0 Å². The van der Waals surface area contributed by atoms with Crippen molar-refractivity contribution in [3.05, 3.63) is 63.9 Å². The van der Waals surface area contributed by atoms with E-state index in [1.165, 1.54) is 0 Å². The van der Waals surface area contributed by atoms with Crippen molar-refractivity contribution < 1.29 is 13.9 Å². The van der Waals surface area contributed by atoms with Crippen molar-refractivity contribution in [3.8, 4) is 17.2 Å². The zero-order chi connectivity index (χ0) is 19.5. The molecule has 0 bridgehead atoms. The second-order valence-electron chi connectivity index (χ2n) is 6.45. The molecule has 1 saturated carbocycles. The smallest absolute Gasteiger partial charge is 0.261 e. The summed E-state index contributed by atoms with van der Waals surface area (Å²) in [5.41, 5.74) is 0.671. The third-order valence-electron chi connectivity index (χ3n) is 4.37. The monoisotopic (exact) mass is 461 g/mol. The fourth-order valence-corrected chi connectivity index (χ4v) is 3.41. The molecule has 0 atom stereocenters. The lowest BCUT2D eigenvalue weighted by Crippen LogP contribution is -2.36. The van der Waals surface area contributed by atoms with Gasteiger partial charge in [0.15, 0.2) is 6.61 Å². The molecule has 1 aliphatic carbocycles. The molecule has 1 aliphatic rings. The molecule has 2 aromatic carbocycles. The van der Waals surface area contributed by atoms with Crippen LogP contribution in [0.3, 0.4) is 0 Å². The molecule has 6 nitrogen and oxygen atoms in total. The Balaban J connectivity index is 1.44. The molecule has 1 amide bonds. The normalized spacial score (nSPS) is 13.4. The average Bonchev–Trinajstić information content (AvgIpc) is 3.44. The highest BCUT2D eigenvalue weighted by atomic mass is 79.9. The molecular formula is C20H17BrClN3O3. The second kappa shape index (κ2) is 8.32. The van der Waals surface area contributed by atoms with Gasteiger partial charge in [-0.3, -0.25) is 4.79 Å². The van der Waals surface area contributed by atoms with E-state index >= 15 is 0 Å². The van der Waals surface area contributed by atoms with Gasteiger partial charge in [0.1, 0.15) is 5.75 Å². The summed E-state index contributed by atoms with van der Waals surface area (Å²) in [6.07, 6.45) is 1.93. The summed E-state index contributed by atoms with van der Waals surface area (Å²) in [4.78, 5) is 14.5. The maximum Gasteiger partial charge on any atom is 0.261 e. The van der Waals surface area contributed by atoms with Crippen molar-refractivity contribution in [2.75, 3.05) is 6.61 Å². The molecule has 1 fully saturated rings. The van der Waals surface area contributed by atoms with E-state index in [-0.39, 0.29) is 25.1 Å². The zero-order valence-corrected chi connectivity index (χ0v) is 17.2. The Bertz CT molecular complexity index is 990. The highest BCUT2D eigenvalue weighted by molar-refractivity contribution is 9.10. The van der Waals surface area contributed by atoms with Gasteiger partial charge in [-0.1, -0.05) is 35.9 Å². The minimum Gasteiger partial charge on any atom is -0.483 e. The quantitative estimate of drug-likeness (QED) is 0.508. The highest BCUT2D eigenvalue weighted by Crippen LogP contribution is 2.30. The SMILES string of the molecule is O=C(COc1ccccc1Br)N(Cc1nnc(-c2ccccc2Cl)o1)C1CC1. The van der Waals surface area contributed by atoms with Crippen LogP contribution in [-0.2, 0) is 11.3 Å². The molecule has 4 rings (SSSR count). The maximum atomic E-state index is 12.7. The Morgan fingerprint density at radius 3 is 2.68 bits per heavy atom. The second-order valence-corrected chi connectivity index (χ2v) is 7.71. The molecule has 3 aromatic rings. The number of benzene rings is 2. The molecule has 0 radical (unpaired) electrons. The van der Waals surface area contributed by atoms with E-state index in [1.54, 1.807) is 11.0 Å². The van der Waals surface area contributed by atoms with Crippen molar-refractivity contribution >= 4 is 33.4 Å². The number of halogens is 2. The van der Waals surface area contributed by atoms with Gasteiger partial charge in [-0.2, -0.15) is 0 Å². The largest absolute Gasteiger partial charge is 0.483 e. The summed E-state index contributed by atoms with van der Waals surface area (Å²) >= 11 is 9.60. The van der Waals surface area contributed by atoms with E-state index in [9.17, 15) is 4.79 Å². The lowest BCUT2D eigenvalue weighted by Gasteiger charge is -2.20. The fourth-order valence-electron chi connectivity index (χ4n) is 2.80. The molecule has 1 aromatic heterocycles. The molecule has 28 heavy (non-hydrogen) atoms. The first kappa shape index (κ1) is 19.0. The molecular weight excluding hydrogens is 446 g/mol. The van der Waals surface area contributed by atoms with Crippen LogP contribution in [0.5, 0.6) is 5.75 Å². The standard InChI is InChI=1S/C20H17BrClN3O3/c21-15-6-2-4-8-17(15)27-12-19(26)25(13-9-10-13)11-18-23-24-20(28-18)14-5-1-3-7-16(14)22/h1-8,13H,9-12H2. The van der Waals surface area contributed by atoms with Crippen molar-refractivity contribution in [1.29, 1.82) is 0 Å². The number of carbonyl (C=O) groups is 1. The van der Waals surface area contributed by atoms with Crippen LogP contribution in [-0.4, -0.2) is 33.7 Å². The van der Waals surface area contributed by atoms with Gasteiger partial charge in [-0.05, 0) is 53.0 Å². The van der Waals surface area contributed by atoms with Crippen LogP contribution in [0.25, 0.3) is 11.5 Å². The Morgan fingerprint density at radius 1 is 1.18 bits per heavy atom. The number of para-hydroxylation sites is 1. The molecule has 1 heterocycles. The first-order chi connectivity index (χ1) is 13.6. The summed E-state index contributed by atoms with van der Waals surface area (Å²) in [5, 5.41) is 8.69. The van der Waals surface area contributed by atoms with Crippen LogP contribution in [0.2, 0.25) is 5.02 Å². The minimum absolute atomic E-state index is 0.0510. The van der Waals surface area contributed by atoms with Gasteiger partial charge in [-0.25, -0.2) is 0 Å². The van der Waals surface area contributed by atoms with Crippen LogP contribution in [0.15, 0.2) is 57.4 Å². The summed E-state index contributed by atoms with van der Waals surface area (Å²) in [6.45, 7) is 0.199. The number of hydrogen-bond donors (Lipinski definition) is 0. The van der Waals surface area contributed by atoms with E-state index in [4.69, 9.17) is 20.8 Å². The molecule has 0 N–H and O–H groups in total.